The molecule has 108 valence electrons. The van der Waals surface area contributed by atoms with Gasteiger partial charge < -0.3 is 10.1 Å². The van der Waals surface area contributed by atoms with Crippen molar-refractivity contribution in [2.75, 3.05) is 13.7 Å². The van der Waals surface area contributed by atoms with E-state index in [2.05, 4.69) is 51.2 Å². The number of rotatable bonds is 8. The van der Waals surface area contributed by atoms with Crippen LogP contribution in [0.15, 0.2) is 24.3 Å². The van der Waals surface area contributed by atoms with Crippen LogP contribution < -0.4 is 10.1 Å². The molecule has 0 aliphatic carbocycles. The predicted octanol–water partition coefficient (Wildman–Crippen LogP) is 3.90. The van der Waals surface area contributed by atoms with Gasteiger partial charge in [-0.05, 0) is 55.8 Å². The van der Waals surface area contributed by atoms with Crippen molar-refractivity contribution in [1.29, 1.82) is 0 Å². The van der Waals surface area contributed by atoms with Gasteiger partial charge in [-0.1, -0.05) is 32.9 Å². The van der Waals surface area contributed by atoms with Crippen LogP contribution in [0.4, 0.5) is 0 Å². The number of hydrogen-bond acceptors (Lipinski definition) is 2. The van der Waals surface area contributed by atoms with E-state index < -0.39 is 0 Å². The Morgan fingerprint density at radius 2 is 1.95 bits per heavy atom. The lowest BCUT2D eigenvalue weighted by Crippen LogP contribution is -2.37. The fourth-order valence-corrected chi connectivity index (χ4v) is 2.58. The molecule has 0 heterocycles. The highest BCUT2D eigenvalue weighted by Crippen LogP contribution is 2.23. The molecule has 19 heavy (non-hydrogen) atoms. The van der Waals surface area contributed by atoms with E-state index in [4.69, 9.17) is 4.74 Å². The molecule has 0 aliphatic heterocycles. The van der Waals surface area contributed by atoms with E-state index in [1.54, 1.807) is 7.11 Å². The van der Waals surface area contributed by atoms with Gasteiger partial charge in [-0.15, -0.1) is 0 Å². The molecule has 0 aliphatic rings. The Bertz CT molecular complexity index is 362. The number of ether oxygens (including phenoxy) is 1. The average Bonchev–Trinajstić information content (AvgIpc) is 2.42. The van der Waals surface area contributed by atoms with Gasteiger partial charge in [0.1, 0.15) is 5.75 Å². The first-order valence-corrected chi connectivity index (χ1v) is 7.44. The summed E-state index contributed by atoms with van der Waals surface area (Å²) in [5.41, 5.74) is 1.36. The van der Waals surface area contributed by atoms with Crippen LogP contribution in [0, 0.1) is 11.8 Å². The maximum atomic E-state index is 5.31. The largest absolute Gasteiger partial charge is 0.497 e. The molecule has 2 atom stereocenters. The van der Waals surface area contributed by atoms with E-state index >= 15 is 0 Å². The maximum Gasteiger partial charge on any atom is 0.119 e. The average molecular weight is 263 g/mol. The van der Waals surface area contributed by atoms with Gasteiger partial charge in [-0.3, -0.25) is 0 Å². The zero-order chi connectivity index (χ0) is 14.3. The SMILES string of the molecule is CCCNC(C)C(Cc1cccc(OC)c1)C(C)C. The van der Waals surface area contributed by atoms with Gasteiger partial charge in [0.05, 0.1) is 7.11 Å². The second-order valence-corrected chi connectivity index (χ2v) is 5.71. The number of nitrogens with one attached hydrogen (secondary N) is 1. The summed E-state index contributed by atoms with van der Waals surface area (Å²) in [6.07, 6.45) is 2.29. The first-order valence-electron chi connectivity index (χ1n) is 7.44. The normalized spacial score (nSPS) is 14.4. The van der Waals surface area contributed by atoms with Crippen molar-refractivity contribution in [3.63, 3.8) is 0 Å². The molecule has 0 saturated carbocycles. The Labute approximate surface area is 118 Å². The molecule has 0 spiro atoms. The number of methoxy groups -OCH3 is 1. The van der Waals surface area contributed by atoms with Gasteiger partial charge in [0, 0.05) is 6.04 Å². The first-order chi connectivity index (χ1) is 9.08. The molecule has 0 radical (unpaired) electrons. The summed E-state index contributed by atoms with van der Waals surface area (Å²) < 4.78 is 5.31. The third-order valence-electron chi connectivity index (χ3n) is 3.82. The van der Waals surface area contributed by atoms with Crippen molar-refractivity contribution in [2.24, 2.45) is 11.8 Å². The molecule has 2 heteroatoms. The minimum absolute atomic E-state index is 0.547. The minimum Gasteiger partial charge on any atom is -0.497 e. The summed E-state index contributed by atoms with van der Waals surface area (Å²) in [6, 6.07) is 8.99. The monoisotopic (exact) mass is 263 g/mol. The van der Waals surface area contributed by atoms with Crippen LogP contribution in [0.25, 0.3) is 0 Å². The molecule has 1 aromatic carbocycles. The number of hydrogen-bond donors (Lipinski definition) is 1. The molecule has 1 aromatic rings. The molecule has 0 amide bonds. The maximum absolute atomic E-state index is 5.31. The van der Waals surface area contributed by atoms with Crippen molar-refractivity contribution in [3.8, 4) is 5.75 Å². The van der Waals surface area contributed by atoms with Crippen molar-refractivity contribution in [1.82, 2.24) is 5.32 Å². The topological polar surface area (TPSA) is 21.3 Å². The van der Waals surface area contributed by atoms with Crippen molar-refractivity contribution < 1.29 is 4.74 Å². The Morgan fingerprint density at radius 1 is 1.21 bits per heavy atom. The molecule has 0 bridgehead atoms. The van der Waals surface area contributed by atoms with E-state index in [-0.39, 0.29) is 0 Å². The quantitative estimate of drug-likeness (QED) is 0.768. The Morgan fingerprint density at radius 3 is 2.53 bits per heavy atom. The Hall–Kier alpha value is -1.02. The van der Waals surface area contributed by atoms with Crippen LogP contribution in [-0.4, -0.2) is 19.7 Å². The smallest absolute Gasteiger partial charge is 0.119 e. The second-order valence-electron chi connectivity index (χ2n) is 5.71. The Kier molecular flexibility index (Phi) is 6.93. The summed E-state index contributed by atoms with van der Waals surface area (Å²) in [7, 11) is 1.73. The highest BCUT2D eigenvalue weighted by atomic mass is 16.5. The molecular weight excluding hydrogens is 234 g/mol. The van der Waals surface area contributed by atoms with Crippen LogP contribution in [-0.2, 0) is 6.42 Å². The highest BCUT2D eigenvalue weighted by Gasteiger charge is 2.20. The van der Waals surface area contributed by atoms with Crippen LogP contribution in [0.2, 0.25) is 0 Å². The van der Waals surface area contributed by atoms with Gasteiger partial charge in [-0.25, -0.2) is 0 Å². The van der Waals surface area contributed by atoms with Crippen LogP contribution in [0.3, 0.4) is 0 Å². The zero-order valence-corrected chi connectivity index (χ0v) is 13.1. The van der Waals surface area contributed by atoms with Gasteiger partial charge >= 0.3 is 0 Å². The second kappa shape index (κ2) is 8.21. The lowest BCUT2D eigenvalue weighted by atomic mass is 9.84. The van der Waals surface area contributed by atoms with Crippen molar-refractivity contribution in [2.45, 2.75) is 46.6 Å². The van der Waals surface area contributed by atoms with Gasteiger partial charge in [0.25, 0.3) is 0 Å². The molecule has 2 nitrogen and oxygen atoms in total. The standard InChI is InChI=1S/C17H29NO/c1-6-10-18-14(4)17(13(2)3)12-15-8-7-9-16(11-15)19-5/h7-9,11,13-14,17-18H,6,10,12H2,1-5H3. The van der Waals surface area contributed by atoms with Crippen LogP contribution >= 0.6 is 0 Å². The fourth-order valence-electron chi connectivity index (χ4n) is 2.58. The minimum atomic E-state index is 0.547. The molecule has 1 N–H and O–H groups in total. The van der Waals surface area contributed by atoms with Crippen molar-refractivity contribution in [3.05, 3.63) is 29.8 Å². The summed E-state index contributed by atoms with van der Waals surface area (Å²) in [5.74, 6) is 2.28. The highest BCUT2D eigenvalue weighted by molar-refractivity contribution is 5.28. The molecular formula is C17H29NO. The summed E-state index contributed by atoms with van der Waals surface area (Å²) >= 11 is 0. The Balaban J connectivity index is 2.71. The van der Waals surface area contributed by atoms with Crippen LogP contribution in [0.5, 0.6) is 5.75 Å². The number of benzene rings is 1. The molecule has 1 rings (SSSR count). The summed E-state index contributed by atoms with van der Waals surface area (Å²) in [4.78, 5) is 0. The predicted molar refractivity (Wildman–Crippen MR) is 82.8 cm³/mol. The van der Waals surface area contributed by atoms with E-state index in [1.807, 2.05) is 6.07 Å². The van der Waals surface area contributed by atoms with E-state index in [0.29, 0.717) is 17.9 Å². The van der Waals surface area contributed by atoms with E-state index in [0.717, 1.165) is 18.7 Å². The first kappa shape index (κ1) is 16.0. The lowest BCUT2D eigenvalue weighted by molar-refractivity contribution is 0.288. The third-order valence-corrected chi connectivity index (χ3v) is 3.82. The third kappa shape index (κ3) is 5.23. The van der Waals surface area contributed by atoms with Gasteiger partial charge in [0.2, 0.25) is 0 Å². The van der Waals surface area contributed by atoms with Crippen LogP contribution in [0.1, 0.15) is 39.7 Å². The lowest BCUT2D eigenvalue weighted by Gasteiger charge is -2.28. The molecule has 0 fully saturated rings. The van der Waals surface area contributed by atoms with E-state index in [1.165, 1.54) is 12.0 Å². The molecule has 2 unspecified atom stereocenters. The zero-order valence-electron chi connectivity index (χ0n) is 13.1. The van der Waals surface area contributed by atoms with Gasteiger partial charge in [0.15, 0.2) is 0 Å². The fraction of sp³-hybridized carbons (Fsp3) is 0.647. The molecule has 0 saturated heterocycles. The van der Waals surface area contributed by atoms with E-state index in [9.17, 15) is 0 Å². The summed E-state index contributed by atoms with van der Waals surface area (Å²) in [6.45, 7) is 10.2. The van der Waals surface area contributed by atoms with Gasteiger partial charge in [-0.2, -0.15) is 0 Å². The molecule has 0 aromatic heterocycles. The summed E-state index contributed by atoms with van der Waals surface area (Å²) in [5, 5.41) is 3.63. The van der Waals surface area contributed by atoms with Crippen molar-refractivity contribution >= 4 is 0 Å².